The molecule has 0 aromatic heterocycles. The van der Waals surface area contributed by atoms with E-state index in [2.05, 4.69) is 0 Å². The van der Waals surface area contributed by atoms with Crippen LogP contribution in [0.4, 0.5) is 0 Å². The Hall–Kier alpha value is -2.40. The van der Waals surface area contributed by atoms with Gasteiger partial charge < -0.3 is 19.1 Å². The third kappa shape index (κ3) is 5.07. The van der Waals surface area contributed by atoms with E-state index in [-0.39, 0.29) is 11.9 Å². The van der Waals surface area contributed by atoms with Crippen LogP contribution in [0, 0.1) is 0 Å². The van der Waals surface area contributed by atoms with E-state index in [4.69, 9.17) is 25.8 Å². The molecule has 0 aliphatic heterocycles. The summed E-state index contributed by atoms with van der Waals surface area (Å²) >= 11 is 5.94. The van der Waals surface area contributed by atoms with Gasteiger partial charge in [0, 0.05) is 18.5 Å². The summed E-state index contributed by atoms with van der Waals surface area (Å²) in [7, 11) is 6.54. The van der Waals surface area contributed by atoms with E-state index >= 15 is 0 Å². The minimum atomic E-state index is -0.0327. The van der Waals surface area contributed by atoms with Crippen LogP contribution in [0.2, 0.25) is 5.02 Å². The number of rotatable bonds is 8. The fourth-order valence-electron chi connectivity index (χ4n) is 2.89. The van der Waals surface area contributed by atoms with Gasteiger partial charge in [-0.05, 0) is 48.7 Å². The summed E-state index contributed by atoms with van der Waals surface area (Å²) in [6.45, 7) is 2.00. The fourth-order valence-corrected chi connectivity index (χ4v) is 3.01. The van der Waals surface area contributed by atoms with Crippen molar-refractivity contribution < 1.29 is 19.0 Å². The molecule has 0 aliphatic rings. The summed E-state index contributed by atoms with van der Waals surface area (Å²) in [6, 6.07) is 11.3. The lowest BCUT2D eigenvalue weighted by molar-refractivity contribution is -0.131. The lowest BCUT2D eigenvalue weighted by Crippen LogP contribution is -2.29. The highest BCUT2D eigenvalue weighted by atomic mass is 35.5. The number of benzene rings is 2. The molecular weight excluding hydrogens is 366 g/mol. The Morgan fingerprint density at radius 2 is 1.59 bits per heavy atom. The highest BCUT2D eigenvalue weighted by Crippen LogP contribution is 2.38. The zero-order chi connectivity index (χ0) is 20.0. The van der Waals surface area contributed by atoms with Gasteiger partial charge >= 0.3 is 0 Å². The molecule has 1 amide bonds. The van der Waals surface area contributed by atoms with E-state index in [1.54, 1.807) is 26.2 Å². The number of methoxy groups -OCH3 is 3. The van der Waals surface area contributed by atoms with Gasteiger partial charge in [0.1, 0.15) is 0 Å². The van der Waals surface area contributed by atoms with Crippen molar-refractivity contribution in [3.8, 4) is 17.2 Å². The van der Waals surface area contributed by atoms with Crippen LogP contribution in [0.5, 0.6) is 17.2 Å². The molecule has 2 aromatic rings. The van der Waals surface area contributed by atoms with Crippen LogP contribution in [-0.2, 0) is 11.2 Å². The van der Waals surface area contributed by atoms with Crippen molar-refractivity contribution in [1.29, 1.82) is 0 Å². The summed E-state index contributed by atoms with van der Waals surface area (Å²) < 4.78 is 16.1. The standard InChI is InChI=1S/C21H26ClNO4/c1-14(16-7-9-17(22)10-8-16)23(2)20(24)11-6-15-12-18(25-3)21(27-5)19(13-15)26-4/h7-10,12-14H,6,11H2,1-5H3. The summed E-state index contributed by atoms with van der Waals surface area (Å²) in [6.07, 6.45) is 0.959. The van der Waals surface area contributed by atoms with E-state index in [1.807, 2.05) is 50.4 Å². The van der Waals surface area contributed by atoms with Crippen molar-refractivity contribution in [2.45, 2.75) is 25.8 Å². The molecular formula is C21H26ClNO4. The zero-order valence-corrected chi connectivity index (χ0v) is 17.2. The first-order valence-electron chi connectivity index (χ1n) is 8.71. The van der Waals surface area contributed by atoms with E-state index in [1.165, 1.54) is 0 Å². The molecule has 2 rings (SSSR count). The van der Waals surface area contributed by atoms with E-state index < -0.39 is 0 Å². The van der Waals surface area contributed by atoms with Crippen LogP contribution in [-0.4, -0.2) is 39.2 Å². The lowest BCUT2D eigenvalue weighted by Gasteiger charge is -2.25. The molecule has 0 spiro atoms. The third-order valence-corrected chi connectivity index (χ3v) is 4.93. The van der Waals surface area contributed by atoms with Gasteiger partial charge in [0.15, 0.2) is 11.5 Å². The summed E-state index contributed by atoms with van der Waals surface area (Å²) in [4.78, 5) is 14.4. The largest absolute Gasteiger partial charge is 0.493 e. The van der Waals surface area contributed by atoms with Crippen molar-refractivity contribution in [2.75, 3.05) is 28.4 Å². The minimum Gasteiger partial charge on any atom is -0.493 e. The zero-order valence-electron chi connectivity index (χ0n) is 16.4. The molecule has 0 radical (unpaired) electrons. The number of halogens is 1. The van der Waals surface area contributed by atoms with Gasteiger partial charge in [-0.3, -0.25) is 4.79 Å². The molecule has 0 N–H and O–H groups in total. The number of ether oxygens (including phenoxy) is 3. The summed E-state index contributed by atoms with van der Waals surface area (Å²) in [5, 5.41) is 0.683. The van der Waals surface area contributed by atoms with Gasteiger partial charge in [-0.25, -0.2) is 0 Å². The lowest BCUT2D eigenvalue weighted by atomic mass is 10.0. The predicted octanol–water partition coefficient (Wildman–Crippen LogP) is 4.52. The second kappa shape index (κ2) is 9.51. The van der Waals surface area contributed by atoms with Crippen LogP contribution in [0.1, 0.15) is 30.5 Å². The SMILES string of the molecule is COc1cc(CCC(=O)N(C)C(C)c2ccc(Cl)cc2)cc(OC)c1OC. The number of amides is 1. The molecule has 27 heavy (non-hydrogen) atoms. The van der Waals surface area contributed by atoms with Gasteiger partial charge in [0.2, 0.25) is 11.7 Å². The average molecular weight is 392 g/mol. The number of aryl methyl sites for hydroxylation is 1. The van der Waals surface area contributed by atoms with Gasteiger partial charge in [0.05, 0.1) is 27.4 Å². The van der Waals surface area contributed by atoms with Gasteiger partial charge in [-0.15, -0.1) is 0 Å². The predicted molar refractivity (Wildman–Crippen MR) is 107 cm³/mol. The number of nitrogens with zero attached hydrogens (tertiary/aromatic N) is 1. The molecule has 0 aliphatic carbocycles. The Bertz CT molecular complexity index is 751. The van der Waals surface area contributed by atoms with Gasteiger partial charge in [-0.1, -0.05) is 23.7 Å². The van der Waals surface area contributed by atoms with Crippen LogP contribution < -0.4 is 14.2 Å². The van der Waals surface area contributed by atoms with Crippen molar-refractivity contribution in [3.05, 3.63) is 52.5 Å². The second-order valence-electron chi connectivity index (χ2n) is 6.27. The number of carbonyl (C=O) groups is 1. The Kier molecular flexibility index (Phi) is 7.36. The Morgan fingerprint density at radius 3 is 2.07 bits per heavy atom. The second-order valence-corrected chi connectivity index (χ2v) is 6.70. The average Bonchev–Trinajstić information content (AvgIpc) is 2.70. The Morgan fingerprint density at radius 1 is 1.04 bits per heavy atom. The molecule has 1 atom stereocenters. The summed E-state index contributed by atoms with van der Waals surface area (Å²) in [5.74, 6) is 1.78. The van der Waals surface area contributed by atoms with Crippen molar-refractivity contribution in [3.63, 3.8) is 0 Å². The highest BCUT2D eigenvalue weighted by molar-refractivity contribution is 6.30. The monoisotopic (exact) mass is 391 g/mol. The number of carbonyl (C=O) groups excluding carboxylic acids is 1. The molecule has 0 bridgehead atoms. The first-order chi connectivity index (χ1) is 12.9. The smallest absolute Gasteiger partial charge is 0.223 e. The Balaban J connectivity index is 2.07. The third-order valence-electron chi connectivity index (χ3n) is 4.68. The van der Waals surface area contributed by atoms with Crippen molar-refractivity contribution in [1.82, 2.24) is 4.90 Å². The number of hydrogen-bond donors (Lipinski definition) is 0. The van der Waals surface area contributed by atoms with Crippen LogP contribution in [0.3, 0.4) is 0 Å². The number of hydrogen-bond acceptors (Lipinski definition) is 4. The maximum absolute atomic E-state index is 12.6. The first-order valence-corrected chi connectivity index (χ1v) is 9.09. The molecule has 0 fully saturated rings. The normalized spacial score (nSPS) is 11.6. The molecule has 146 valence electrons. The molecule has 0 heterocycles. The van der Waals surface area contributed by atoms with E-state index in [0.29, 0.717) is 35.1 Å². The maximum atomic E-state index is 12.6. The topological polar surface area (TPSA) is 48.0 Å². The molecule has 0 saturated heterocycles. The Labute approximate surface area is 165 Å². The first kappa shape index (κ1) is 20.9. The van der Waals surface area contributed by atoms with Gasteiger partial charge in [-0.2, -0.15) is 0 Å². The van der Waals surface area contributed by atoms with Crippen LogP contribution in [0.15, 0.2) is 36.4 Å². The highest BCUT2D eigenvalue weighted by Gasteiger charge is 2.18. The molecule has 1 unspecified atom stereocenters. The van der Waals surface area contributed by atoms with E-state index in [9.17, 15) is 4.79 Å². The molecule has 5 nitrogen and oxygen atoms in total. The van der Waals surface area contributed by atoms with Crippen molar-refractivity contribution in [2.24, 2.45) is 0 Å². The fraction of sp³-hybridized carbons (Fsp3) is 0.381. The minimum absolute atomic E-state index is 0.0327. The van der Waals surface area contributed by atoms with Gasteiger partial charge in [0.25, 0.3) is 0 Å². The van der Waals surface area contributed by atoms with Crippen molar-refractivity contribution >= 4 is 17.5 Å². The molecule has 0 saturated carbocycles. The van der Waals surface area contributed by atoms with Crippen LogP contribution >= 0.6 is 11.6 Å². The summed E-state index contributed by atoms with van der Waals surface area (Å²) in [5.41, 5.74) is 1.99. The molecule has 6 heteroatoms. The molecule has 2 aromatic carbocycles. The van der Waals surface area contributed by atoms with E-state index in [0.717, 1.165) is 11.1 Å². The maximum Gasteiger partial charge on any atom is 0.223 e. The van der Waals surface area contributed by atoms with Crippen LogP contribution in [0.25, 0.3) is 0 Å². The quantitative estimate of drug-likeness (QED) is 0.663.